The molecule has 7 nitrogen and oxygen atoms in total. The summed E-state index contributed by atoms with van der Waals surface area (Å²) in [6, 6.07) is 9.10. The van der Waals surface area contributed by atoms with Gasteiger partial charge in [-0.15, -0.1) is 0 Å². The number of amides is 2. The molecule has 1 aromatic rings. The second-order valence-electron chi connectivity index (χ2n) is 5.55. The van der Waals surface area contributed by atoms with Crippen LogP contribution in [-0.4, -0.2) is 42.6 Å². The molecule has 0 saturated heterocycles. The fraction of sp³-hybridized carbons (Fsp3) is 0.500. The third-order valence-corrected chi connectivity index (χ3v) is 3.94. The van der Waals surface area contributed by atoms with Gasteiger partial charge in [0.2, 0.25) is 0 Å². The van der Waals surface area contributed by atoms with Crippen molar-refractivity contribution in [2.75, 3.05) is 7.11 Å². The number of hydrogen-bond acceptors (Lipinski definition) is 4. The molecule has 1 saturated carbocycles. The van der Waals surface area contributed by atoms with Crippen molar-refractivity contribution in [1.29, 1.82) is 0 Å². The highest BCUT2D eigenvalue weighted by molar-refractivity contribution is 5.67. The Hall–Kier alpha value is -2.28. The minimum Gasteiger partial charge on any atom is -0.465 e. The quantitative estimate of drug-likeness (QED) is 0.771. The summed E-state index contributed by atoms with van der Waals surface area (Å²) < 4.78 is 10.5. The van der Waals surface area contributed by atoms with Gasteiger partial charge in [0, 0.05) is 13.2 Å². The Labute approximate surface area is 135 Å². The number of rotatable bonds is 5. The van der Waals surface area contributed by atoms with Gasteiger partial charge < -0.3 is 25.2 Å². The standard InChI is InChI=1S/C16H22N2O5/c1-22-14-9-12(7-8-13(14)18-15(19)20)17-16(21)23-10-11-5-3-2-4-6-11/h2-6,12-14,18H,7-10H2,1H3,(H,17,21)(H,19,20)/t12-,13-,14-/m0/s1. The summed E-state index contributed by atoms with van der Waals surface area (Å²) in [5.41, 5.74) is 0.923. The van der Waals surface area contributed by atoms with Crippen LogP contribution in [0.1, 0.15) is 24.8 Å². The third-order valence-electron chi connectivity index (χ3n) is 3.94. The normalized spacial score (nSPS) is 23.8. The van der Waals surface area contributed by atoms with E-state index in [4.69, 9.17) is 14.6 Å². The number of alkyl carbamates (subject to hydrolysis) is 1. The lowest BCUT2D eigenvalue weighted by Gasteiger charge is -2.35. The van der Waals surface area contributed by atoms with E-state index < -0.39 is 12.2 Å². The summed E-state index contributed by atoms with van der Waals surface area (Å²) >= 11 is 0. The molecule has 0 radical (unpaired) electrons. The van der Waals surface area contributed by atoms with Gasteiger partial charge in [0.15, 0.2) is 0 Å². The van der Waals surface area contributed by atoms with Crippen molar-refractivity contribution in [3.05, 3.63) is 35.9 Å². The van der Waals surface area contributed by atoms with Crippen molar-refractivity contribution in [2.24, 2.45) is 0 Å². The molecule has 3 atom stereocenters. The molecule has 2 rings (SSSR count). The summed E-state index contributed by atoms with van der Waals surface area (Å²) in [7, 11) is 1.54. The first-order chi connectivity index (χ1) is 11.1. The molecule has 3 N–H and O–H groups in total. The Morgan fingerprint density at radius 2 is 1.96 bits per heavy atom. The largest absolute Gasteiger partial charge is 0.465 e. The van der Waals surface area contributed by atoms with Gasteiger partial charge in [0.05, 0.1) is 12.1 Å². The molecule has 0 aromatic heterocycles. The van der Waals surface area contributed by atoms with Crippen LogP contribution in [0.2, 0.25) is 0 Å². The van der Waals surface area contributed by atoms with Gasteiger partial charge in [-0.05, 0) is 24.8 Å². The van der Waals surface area contributed by atoms with E-state index in [-0.39, 0.29) is 24.8 Å². The van der Waals surface area contributed by atoms with Crippen LogP contribution in [0.4, 0.5) is 9.59 Å². The zero-order valence-electron chi connectivity index (χ0n) is 13.0. The topological polar surface area (TPSA) is 96.9 Å². The van der Waals surface area contributed by atoms with E-state index >= 15 is 0 Å². The number of carbonyl (C=O) groups excluding carboxylic acids is 1. The number of nitrogens with one attached hydrogen (secondary N) is 2. The van der Waals surface area contributed by atoms with E-state index in [0.29, 0.717) is 19.3 Å². The average Bonchev–Trinajstić information content (AvgIpc) is 2.55. The molecule has 7 heteroatoms. The first kappa shape index (κ1) is 17.1. The maximum Gasteiger partial charge on any atom is 0.407 e. The molecule has 126 valence electrons. The van der Waals surface area contributed by atoms with Gasteiger partial charge in [0.25, 0.3) is 0 Å². The lowest BCUT2D eigenvalue weighted by Crippen LogP contribution is -2.51. The van der Waals surface area contributed by atoms with Crippen LogP contribution in [0.3, 0.4) is 0 Å². The molecule has 0 unspecified atom stereocenters. The Morgan fingerprint density at radius 3 is 2.61 bits per heavy atom. The lowest BCUT2D eigenvalue weighted by atomic mass is 9.88. The number of carbonyl (C=O) groups is 2. The molecule has 0 bridgehead atoms. The molecule has 1 aliphatic rings. The minimum absolute atomic E-state index is 0.0879. The summed E-state index contributed by atoms with van der Waals surface area (Å²) in [5, 5.41) is 14.1. The molecule has 0 aliphatic heterocycles. The van der Waals surface area contributed by atoms with Gasteiger partial charge in [0.1, 0.15) is 6.61 Å². The number of carboxylic acid groups (broad SMARTS) is 1. The predicted octanol–water partition coefficient (Wildman–Crippen LogP) is 2.12. The molecule has 0 heterocycles. The van der Waals surface area contributed by atoms with Crippen molar-refractivity contribution in [2.45, 2.75) is 44.1 Å². The van der Waals surface area contributed by atoms with Gasteiger partial charge in [-0.1, -0.05) is 30.3 Å². The Morgan fingerprint density at radius 1 is 1.22 bits per heavy atom. The number of hydrogen-bond donors (Lipinski definition) is 3. The second kappa shape index (κ2) is 8.38. The Kier molecular flexibility index (Phi) is 6.22. The molecular formula is C16H22N2O5. The molecule has 23 heavy (non-hydrogen) atoms. The molecular weight excluding hydrogens is 300 g/mol. The smallest absolute Gasteiger partial charge is 0.407 e. The van der Waals surface area contributed by atoms with E-state index in [9.17, 15) is 9.59 Å². The number of benzene rings is 1. The summed E-state index contributed by atoms with van der Waals surface area (Å²) in [5.74, 6) is 0. The van der Waals surface area contributed by atoms with Gasteiger partial charge in [-0.25, -0.2) is 9.59 Å². The Bertz CT molecular complexity index is 522. The van der Waals surface area contributed by atoms with Crippen LogP contribution < -0.4 is 10.6 Å². The van der Waals surface area contributed by atoms with Crippen molar-refractivity contribution in [3.63, 3.8) is 0 Å². The highest BCUT2D eigenvalue weighted by atomic mass is 16.5. The molecule has 2 amide bonds. The SMILES string of the molecule is CO[C@H]1C[C@@H](NC(=O)OCc2ccccc2)CC[C@@H]1NC(=O)O. The third kappa shape index (κ3) is 5.45. The zero-order chi connectivity index (χ0) is 16.7. The first-order valence-electron chi connectivity index (χ1n) is 7.58. The second-order valence-corrected chi connectivity index (χ2v) is 5.55. The molecule has 1 aromatic carbocycles. The van der Waals surface area contributed by atoms with E-state index in [0.717, 1.165) is 5.56 Å². The highest BCUT2D eigenvalue weighted by Gasteiger charge is 2.32. The predicted molar refractivity (Wildman–Crippen MR) is 83.1 cm³/mol. The minimum atomic E-state index is -1.06. The monoisotopic (exact) mass is 322 g/mol. The molecule has 0 spiro atoms. The van der Waals surface area contributed by atoms with Crippen LogP contribution in [0, 0.1) is 0 Å². The zero-order valence-corrected chi connectivity index (χ0v) is 13.0. The van der Waals surface area contributed by atoms with Crippen molar-refractivity contribution < 1.29 is 24.2 Å². The van der Waals surface area contributed by atoms with Crippen LogP contribution in [0.5, 0.6) is 0 Å². The maximum atomic E-state index is 11.9. The summed E-state index contributed by atoms with van der Waals surface area (Å²) in [4.78, 5) is 22.6. The average molecular weight is 322 g/mol. The van der Waals surface area contributed by atoms with Crippen molar-refractivity contribution in [1.82, 2.24) is 10.6 Å². The van der Waals surface area contributed by atoms with Gasteiger partial charge in [-0.3, -0.25) is 0 Å². The summed E-state index contributed by atoms with van der Waals surface area (Å²) in [6.07, 6.45) is 0.0185. The van der Waals surface area contributed by atoms with E-state index in [1.807, 2.05) is 30.3 Å². The molecule has 1 aliphatic carbocycles. The van der Waals surface area contributed by atoms with E-state index in [1.54, 1.807) is 0 Å². The van der Waals surface area contributed by atoms with Crippen LogP contribution in [0.15, 0.2) is 30.3 Å². The summed E-state index contributed by atoms with van der Waals surface area (Å²) in [6.45, 7) is 0.219. The van der Waals surface area contributed by atoms with E-state index in [1.165, 1.54) is 7.11 Å². The maximum absolute atomic E-state index is 11.9. The van der Waals surface area contributed by atoms with Crippen LogP contribution in [-0.2, 0) is 16.1 Å². The first-order valence-corrected chi connectivity index (χ1v) is 7.58. The highest BCUT2D eigenvalue weighted by Crippen LogP contribution is 2.21. The van der Waals surface area contributed by atoms with Crippen molar-refractivity contribution >= 4 is 12.2 Å². The van der Waals surface area contributed by atoms with Crippen molar-refractivity contribution in [3.8, 4) is 0 Å². The van der Waals surface area contributed by atoms with Crippen LogP contribution >= 0.6 is 0 Å². The number of ether oxygens (including phenoxy) is 2. The van der Waals surface area contributed by atoms with Gasteiger partial charge in [-0.2, -0.15) is 0 Å². The Balaban J connectivity index is 1.77. The van der Waals surface area contributed by atoms with E-state index in [2.05, 4.69) is 10.6 Å². The fourth-order valence-corrected chi connectivity index (χ4v) is 2.78. The lowest BCUT2D eigenvalue weighted by molar-refractivity contribution is 0.0301. The molecule has 1 fully saturated rings. The fourth-order valence-electron chi connectivity index (χ4n) is 2.78. The number of methoxy groups -OCH3 is 1. The van der Waals surface area contributed by atoms with Gasteiger partial charge >= 0.3 is 12.2 Å². The van der Waals surface area contributed by atoms with Crippen LogP contribution in [0.25, 0.3) is 0 Å².